The van der Waals surface area contributed by atoms with Crippen LogP contribution in [0.4, 0.5) is 0 Å². The monoisotopic (exact) mass is 350 g/mol. The molecule has 1 unspecified atom stereocenters. The molecule has 0 aliphatic rings. The van der Waals surface area contributed by atoms with Gasteiger partial charge in [0.25, 0.3) is 0 Å². The molecule has 2 rings (SSSR count). The molecule has 0 aromatic heterocycles. The van der Waals surface area contributed by atoms with Crippen molar-refractivity contribution >= 4 is 31.0 Å². The van der Waals surface area contributed by atoms with Crippen LogP contribution in [0.1, 0.15) is 31.1 Å². The van der Waals surface area contributed by atoms with Gasteiger partial charge in [0, 0.05) is 0 Å². The molecule has 2 aromatic carbocycles. The third-order valence-electron chi connectivity index (χ3n) is 2.96. The first-order chi connectivity index (χ1) is 10.8. The number of rotatable bonds is 5. The molecule has 1 atom stereocenters. The second kappa shape index (κ2) is 7.33. The molecule has 0 bridgehead atoms. The topological polar surface area (TPSA) is 35.5 Å². The highest BCUT2D eigenvalue weighted by molar-refractivity contribution is 7.66. The summed E-state index contributed by atoms with van der Waals surface area (Å²) >= 11 is 6.31. The van der Waals surface area contributed by atoms with Crippen LogP contribution < -0.4 is 14.8 Å². The minimum absolute atomic E-state index is 0.00570. The van der Waals surface area contributed by atoms with Crippen LogP contribution in [0.25, 0.3) is 0 Å². The lowest BCUT2D eigenvalue weighted by Gasteiger charge is -2.21. The fourth-order valence-corrected chi connectivity index (χ4v) is 3.29. The number of halogens is 1. The summed E-state index contributed by atoms with van der Waals surface area (Å²) in [5.74, 6) is 1.27. The van der Waals surface area contributed by atoms with Gasteiger partial charge in [-0.15, -0.1) is 0 Å². The van der Waals surface area contributed by atoms with Gasteiger partial charge < -0.3 is 9.47 Å². The number of para-hydroxylation sites is 1. The molecule has 0 heterocycles. The van der Waals surface area contributed by atoms with Gasteiger partial charge in [0.15, 0.2) is 5.52 Å². The molecule has 122 valence electrons. The zero-order valence-corrected chi connectivity index (χ0v) is 15.4. The van der Waals surface area contributed by atoms with Crippen LogP contribution >= 0.6 is 20.2 Å². The van der Waals surface area contributed by atoms with Gasteiger partial charge in [-0.05, 0) is 65.0 Å². The van der Waals surface area contributed by atoms with Crippen molar-refractivity contribution in [3.63, 3.8) is 0 Å². The highest BCUT2D eigenvalue weighted by atomic mass is 35.5. The summed E-state index contributed by atoms with van der Waals surface area (Å²) in [5, 5.41) is 1.33. The molecule has 5 heteroatoms. The van der Waals surface area contributed by atoms with E-state index in [0.29, 0.717) is 22.1 Å². The van der Waals surface area contributed by atoms with E-state index in [1.165, 1.54) is 0 Å². The molecule has 0 aliphatic carbocycles. The smallest absolute Gasteiger partial charge is 0.189 e. The Balaban J connectivity index is 2.18. The van der Waals surface area contributed by atoms with Crippen molar-refractivity contribution in [1.82, 2.24) is 0 Å². The number of ether oxygens (including phenoxy) is 2. The van der Waals surface area contributed by atoms with E-state index in [2.05, 4.69) is 0 Å². The molecular formula is C18H20ClO3P. The van der Waals surface area contributed by atoms with Crippen LogP contribution in [0.15, 0.2) is 42.5 Å². The first-order valence-electron chi connectivity index (χ1n) is 7.23. The van der Waals surface area contributed by atoms with Crippen LogP contribution in [-0.4, -0.2) is 18.2 Å². The maximum absolute atomic E-state index is 12.5. The van der Waals surface area contributed by atoms with E-state index in [4.69, 9.17) is 21.1 Å². The lowest BCUT2D eigenvalue weighted by molar-refractivity contribution is 0.108. The lowest BCUT2D eigenvalue weighted by Crippen LogP contribution is -2.23. The Morgan fingerprint density at radius 2 is 1.83 bits per heavy atom. The van der Waals surface area contributed by atoms with Gasteiger partial charge in [-0.3, -0.25) is 4.79 Å². The third kappa shape index (κ3) is 4.95. The van der Waals surface area contributed by atoms with Crippen LogP contribution in [0.3, 0.4) is 0 Å². The van der Waals surface area contributed by atoms with E-state index in [9.17, 15) is 4.79 Å². The van der Waals surface area contributed by atoms with Gasteiger partial charge in [0.05, 0.1) is 17.7 Å². The lowest BCUT2D eigenvalue weighted by atomic mass is 10.2. The van der Waals surface area contributed by atoms with Crippen molar-refractivity contribution in [3.8, 4) is 11.5 Å². The third-order valence-corrected chi connectivity index (χ3v) is 4.64. The molecule has 3 nitrogen and oxygen atoms in total. The largest absolute Gasteiger partial charge is 0.496 e. The predicted octanol–water partition coefficient (Wildman–Crippen LogP) is 4.67. The predicted molar refractivity (Wildman–Crippen MR) is 97.1 cm³/mol. The number of carbonyl (C=O) groups excluding carboxylic acids is 1. The summed E-state index contributed by atoms with van der Waals surface area (Å²) in [4.78, 5) is 12.5. The number of carbonyl (C=O) groups is 1. The Hall–Kier alpha value is -1.57. The summed E-state index contributed by atoms with van der Waals surface area (Å²) in [6.45, 7) is 5.92. The van der Waals surface area contributed by atoms with E-state index in [0.717, 1.165) is 5.30 Å². The zero-order chi connectivity index (χ0) is 17.0. The van der Waals surface area contributed by atoms with Crippen molar-refractivity contribution in [2.45, 2.75) is 26.4 Å². The van der Waals surface area contributed by atoms with Crippen molar-refractivity contribution in [2.75, 3.05) is 7.11 Å². The Kier molecular flexibility index (Phi) is 5.67. The van der Waals surface area contributed by atoms with Crippen LogP contribution in [0.5, 0.6) is 11.5 Å². The van der Waals surface area contributed by atoms with E-state index in [-0.39, 0.29) is 19.7 Å². The first kappa shape index (κ1) is 17.8. The molecule has 0 fully saturated rings. The highest BCUT2D eigenvalue weighted by Crippen LogP contribution is 2.30. The molecule has 0 amide bonds. The van der Waals surface area contributed by atoms with E-state index >= 15 is 0 Å². The second-order valence-electron chi connectivity index (χ2n) is 6.01. The SMILES string of the molecule is COc1ccccc1C(=O)Pc1ccc(OC(C)(C)C)cc1Cl. The molecular weight excluding hydrogens is 331 g/mol. The molecule has 23 heavy (non-hydrogen) atoms. The molecule has 0 saturated heterocycles. The molecule has 0 N–H and O–H groups in total. The van der Waals surface area contributed by atoms with E-state index in [1.807, 2.05) is 45.0 Å². The minimum Gasteiger partial charge on any atom is -0.496 e. The summed E-state index contributed by atoms with van der Waals surface area (Å²) in [5.41, 5.74) is 0.272. The zero-order valence-electron chi connectivity index (χ0n) is 13.6. The summed E-state index contributed by atoms with van der Waals surface area (Å²) < 4.78 is 11.0. The number of methoxy groups -OCH3 is 1. The van der Waals surface area contributed by atoms with Crippen LogP contribution in [0.2, 0.25) is 5.02 Å². The fraction of sp³-hybridized carbons (Fsp3) is 0.278. The van der Waals surface area contributed by atoms with Gasteiger partial charge in [0.1, 0.15) is 17.1 Å². The summed E-state index contributed by atoms with van der Waals surface area (Å²) in [7, 11) is 1.49. The Morgan fingerprint density at radius 1 is 1.13 bits per heavy atom. The molecule has 2 aromatic rings. The summed E-state index contributed by atoms with van der Waals surface area (Å²) in [6, 6.07) is 12.6. The minimum atomic E-state index is -0.291. The van der Waals surface area contributed by atoms with Gasteiger partial charge >= 0.3 is 0 Å². The van der Waals surface area contributed by atoms with Crippen molar-refractivity contribution in [1.29, 1.82) is 0 Å². The van der Waals surface area contributed by atoms with Crippen LogP contribution in [-0.2, 0) is 0 Å². The highest BCUT2D eigenvalue weighted by Gasteiger charge is 2.16. The fourth-order valence-electron chi connectivity index (χ4n) is 2.04. The number of hydrogen-bond acceptors (Lipinski definition) is 3. The standard InChI is InChI=1S/C18H20ClO3P/c1-18(2,3)22-12-9-10-16(14(19)11-12)23-17(20)13-7-5-6-8-15(13)21-4/h5-11,23H,1-4H3. The Morgan fingerprint density at radius 3 is 2.43 bits per heavy atom. The molecule has 0 aliphatic heterocycles. The normalized spacial score (nSPS) is 11.7. The van der Waals surface area contributed by atoms with Crippen molar-refractivity contribution in [3.05, 3.63) is 53.1 Å². The summed E-state index contributed by atoms with van der Waals surface area (Å²) in [6.07, 6.45) is 0. The molecule has 0 radical (unpaired) electrons. The average molecular weight is 351 g/mol. The Labute approximate surface area is 143 Å². The number of hydrogen-bond donors (Lipinski definition) is 0. The average Bonchev–Trinajstić information content (AvgIpc) is 2.48. The van der Waals surface area contributed by atoms with Crippen LogP contribution in [0, 0.1) is 0 Å². The second-order valence-corrected chi connectivity index (χ2v) is 7.66. The maximum atomic E-state index is 12.5. The molecule has 0 spiro atoms. The Bertz CT molecular complexity index is 708. The quantitative estimate of drug-likeness (QED) is 0.735. The van der Waals surface area contributed by atoms with Gasteiger partial charge in [-0.2, -0.15) is 0 Å². The maximum Gasteiger partial charge on any atom is 0.189 e. The van der Waals surface area contributed by atoms with Gasteiger partial charge in [-0.1, -0.05) is 23.7 Å². The first-order valence-corrected chi connectivity index (χ1v) is 8.61. The van der Waals surface area contributed by atoms with Gasteiger partial charge in [-0.25, -0.2) is 0 Å². The van der Waals surface area contributed by atoms with E-state index in [1.54, 1.807) is 25.3 Å². The van der Waals surface area contributed by atoms with Gasteiger partial charge in [0.2, 0.25) is 0 Å². The molecule has 0 saturated carbocycles. The van der Waals surface area contributed by atoms with Crippen molar-refractivity contribution < 1.29 is 14.3 Å². The number of benzene rings is 2. The van der Waals surface area contributed by atoms with E-state index < -0.39 is 0 Å². The van der Waals surface area contributed by atoms with Crippen molar-refractivity contribution in [2.24, 2.45) is 0 Å².